The molecule has 1 atom stereocenters. The Morgan fingerprint density at radius 3 is 2.41 bits per heavy atom. The smallest absolute Gasteiger partial charge is 0.150 e. The Kier molecular flexibility index (Phi) is 5.93. The molecule has 0 bridgehead atoms. The Morgan fingerprint density at radius 2 is 1.94 bits per heavy atom. The van der Waals surface area contributed by atoms with E-state index in [2.05, 4.69) is 19.2 Å². The van der Waals surface area contributed by atoms with E-state index in [9.17, 15) is 8.42 Å². The first-order valence-corrected chi connectivity index (χ1v) is 8.70. The Hall–Kier alpha value is -0.0900. The molecule has 1 unspecified atom stereocenters. The van der Waals surface area contributed by atoms with Crippen LogP contribution in [-0.4, -0.2) is 32.5 Å². The van der Waals surface area contributed by atoms with Crippen molar-refractivity contribution in [3.05, 3.63) is 0 Å². The second-order valence-corrected chi connectivity index (χ2v) is 8.04. The molecule has 1 saturated carbocycles. The maximum absolute atomic E-state index is 11.4. The van der Waals surface area contributed by atoms with Gasteiger partial charge < -0.3 is 5.32 Å². The van der Waals surface area contributed by atoms with Crippen molar-refractivity contribution in [1.29, 1.82) is 0 Å². The molecule has 0 aromatic heterocycles. The summed E-state index contributed by atoms with van der Waals surface area (Å²) in [6.45, 7) is 7.24. The lowest BCUT2D eigenvalue weighted by atomic mass is 9.91. The number of hydrogen-bond acceptors (Lipinski definition) is 3. The molecule has 0 amide bonds. The first kappa shape index (κ1) is 15.0. The van der Waals surface area contributed by atoms with E-state index in [-0.39, 0.29) is 5.75 Å². The molecule has 1 rings (SSSR count). The molecule has 0 spiro atoms. The molecule has 0 saturated heterocycles. The molecule has 102 valence electrons. The summed E-state index contributed by atoms with van der Waals surface area (Å²) in [6.07, 6.45) is 4.46. The van der Waals surface area contributed by atoms with Crippen LogP contribution in [0.5, 0.6) is 0 Å². The fourth-order valence-electron chi connectivity index (χ4n) is 1.99. The maximum atomic E-state index is 11.4. The van der Waals surface area contributed by atoms with Crippen LogP contribution in [0.2, 0.25) is 0 Å². The van der Waals surface area contributed by atoms with Crippen molar-refractivity contribution in [2.75, 3.05) is 18.1 Å². The van der Waals surface area contributed by atoms with Gasteiger partial charge in [-0.1, -0.05) is 20.8 Å². The highest BCUT2D eigenvalue weighted by molar-refractivity contribution is 7.91. The molecule has 0 radical (unpaired) electrons. The Morgan fingerprint density at radius 1 is 1.29 bits per heavy atom. The van der Waals surface area contributed by atoms with Crippen molar-refractivity contribution in [2.45, 2.75) is 52.5 Å². The second-order valence-electron chi connectivity index (χ2n) is 5.57. The average Bonchev–Trinajstić information content (AvgIpc) is 3.06. The summed E-state index contributed by atoms with van der Waals surface area (Å²) in [5, 5.41) is 3.55. The summed E-state index contributed by atoms with van der Waals surface area (Å²) < 4.78 is 22.8. The minimum absolute atomic E-state index is 0.277. The number of nitrogens with one attached hydrogen (secondary N) is 1. The number of hydrogen-bond donors (Lipinski definition) is 1. The molecule has 0 heterocycles. The van der Waals surface area contributed by atoms with Crippen LogP contribution in [-0.2, 0) is 9.84 Å². The molecule has 1 N–H and O–H groups in total. The highest BCUT2D eigenvalue weighted by Gasteiger charge is 2.23. The van der Waals surface area contributed by atoms with Crippen molar-refractivity contribution in [2.24, 2.45) is 11.8 Å². The lowest BCUT2D eigenvalue weighted by molar-refractivity contribution is 0.337. The zero-order valence-electron chi connectivity index (χ0n) is 11.4. The van der Waals surface area contributed by atoms with E-state index < -0.39 is 9.84 Å². The summed E-state index contributed by atoms with van der Waals surface area (Å²) in [5.74, 6) is 1.88. The van der Waals surface area contributed by atoms with Crippen LogP contribution in [0.15, 0.2) is 0 Å². The number of sulfone groups is 1. The summed E-state index contributed by atoms with van der Waals surface area (Å²) >= 11 is 0. The van der Waals surface area contributed by atoms with Gasteiger partial charge in [-0.2, -0.15) is 0 Å². The van der Waals surface area contributed by atoms with E-state index in [1.54, 1.807) is 6.92 Å². The molecule has 1 fully saturated rings. The second kappa shape index (κ2) is 6.74. The summed E-state index contributed by atoms with van der Waals surface area (Å²) in [6, 6.07) is 0.746. The maximum Gasteiger partial charge on any atom is 0.150 e. The summed E-state index contributed by atoms with van der Waals surface area (Å²) in [7, 11) is -2.78. The van der Waals surface area contributed by atoms with Crippen molar-refractivity contribution in [3.8, 4) is 0 Å². The predicted octanol–water partition coefficient (Wildman–Crippen LogP) is 2.23. The van der Waals surface area contributed by atoms with Crippen LogP contribution in [0, 0.1) is 11.8 Å². The van der Waals surface area contributed by atoms with Gasteiger partial charge in [-0.15, -0.1) is 0 Å². The number of rotatable bonds is 9. The topological polar surface area (TPSA) is 46.2 Å². The van der Waals surface area contributed by atoms with Gasteiger partial charge in [0.05, 0.1) is 5.75 Å². The quantitative estimate of drug-likeness (QED) is 0.692. The van der Waals surface area contributed by atoms with E-state index >= 15 is 0 Å². The van der Waals surface area contributed by atoms with Gasteiger partial charge in [0.15, 0.2) is 0 Å². The van der Waals surface area contributed by atoms with Crippen LogP contribution in [0.3, 0.4) is 0 Å². The zero-order valence-corrected chi connectivity index (χ0v) is 12.2. The Bertz CT molecular complexity index is 307. The first-order chi connectivity index (χ1) is 7.94. The zero-order chi connectivity index (χ0) is 12.9. The van der Waals surface area contributed by atoms with Crippen LogP contribution in [0.1, 0.15) is 46.5 Å². The van der Waals surface area contributed by atoms with Gasteiger partial charge >= 0.3 is 0 Å². The fraction of sp³-hybridized carbons (Fsp3) is 1.00. The molecule has 0 aromatic rings. The first-order valence-electron chi connectivity index (χ1n) is 6.88. The SMILES string of the molecule is CCS(=O)(=O)CCCC(CNC1CC1)C(C)C. The van der Waals surface area contributed by atoms with Gasteiger partial charge in [-0.25, -0.2) is 8.42 Å². The van der Waals surface area contributed by atoms with Gasteiger partial charge in [0.1, 0.15) is 9.84 Å². The van der Waals surface area contributed by atoms with E-state index in [1.807, 2.05) is 0 Å². The third-order valence-corrected chi connectivity index (χ3v) is 5.45. The van der Waals surface area contributed by atoms with Crippen molar-refractivity contribution < 1.29 is 8.42 Å². The third-order valence-electron chi connectivity index (χ3n) is 3.66. The van der Waals surface area contributed by atoms with Crippen molar-refractivity contribution in [3.63, 3.8) is 0 Å². The Labute approximate surface area is 106 Å². The fourth-order valence-corrected chi connectivity index (χ4v) is 2.88. The molecular formula is C13H27NO2S. The van der Waals surface area contributed by atoms with Crippen LogP contribution >= 0.6 is 0 Å². The lowest BCUT2D eigenvalue weighted by Gasteiger charge is -2.21. The van der Waals surface area contributed by atoms with Gasteiger partial charge in [0, 0.05) is 11.8 Å². The highest BCUT2D eigenvalue weighted by atomic mass is 32.2. The normalized spacial score (nSPS) is 18.6. The molecular weight excluding hydrogens is 234 g/mol. The van der Waals surface area contributed by atoms with E-state index in [0.717, 1.165) is 25.4 Å². The molecule has 0 aliphatic heterocycles. The van der Waals surface area contributed by atoms with Crippen molar-refractivity contribution >= 4 is 9.84 Å². The summed E-state index contributed by atoms with van der Waals surface area (Å²) in [5.41, 5.74) is 0. The van der Waals surface area contributed by atoms with Crippen LogP contribution < -0.4 is 5.32 Å². The predicted molar refractivity (Wildman–Crippen MR) is 72.9 cm³/mol. The van der Waals surface area contributed by atoms with Gasteiger partial charge in [-0.3, -0.25) is 0 Å². The summed E-state index contributed by atoms with van der Waals surface area (Å²) in [4.78, 5) is 0. The van der Waals surface area contributed by atoms with Crippen LogP contribution in [0.25, 0.3) is 0 Å². The van der Waals surface area contributed by atoms with Gasteiger partial charge in [0.25, 0.3) is 0 Å². The molecule has 1 aliphatic carbocycles. The lowest BCUT2D eigenvalue weighted by Crippen LogP contribution is -2.28. The average molecular weight is 261 g/mol. The molecule has 17 heavy (non-hydrogen) atoms. The Balaban J connectivity index is 2.23. The monoisotopic (exact) mass is 261 g/mol. The van der Waals surface area contributed by atoms with E-state index in [4.69, 9.17) is 0 Å². The molecule has 1 aliphatic rings. The molecule has 4 heteroatoms. The highest BCUT2D eigenvalue weighted by Crippen LogP contribution is 2.22. The molecule has 0 aromatic carbocycles. The van der Waals surface area contributed by atoms with Crippen molar-refractivity contribution in [1.82, 2.24) is 5.32 Å². The molecule has 3 nitrogen and oxygen atoms in total. The van der Waals surface area contributed by atoms with Gasteiger partial charge in [-0.05, 0) is 44.1 Å². The minimum atomic E-state index is -2.78. The van der Waals surface area contributed by atoms with E-state index in [0.29, 0.717) is 17.6 Å². The van der Waals surface area contributed by atoms with E-state index in [1.165, 1.54) is 12.8 Å². The minimum Gasteiger partial charge on any atom is -0.314 e. The van der Waals surface area contributed by atoms with Gasteiger partial charge in [0.2, 0.25) is 0 Å². The van der Waals surface area contributed by atoms with Crippen LogP contribution in [0.4, 0.5) is 0 Å². The standard InChI is InChI=1S/C13H27NO2S/c1-4-17(15,16)9-5-6-12(11(2)3)10-14-13-7-8-13/h11-14H,4-10H2,1-3H3. The largest absolute Gasteiger partial charge is 0.314 e. The third kappa shape index (κ3) is 6.41.